The maximum atomic E-state index is 13.5. The number of rotatable bonds is 6. The first kappa shape index (κ1) is 24.1. The van der Waals surface area contributed by atoms with Crippen LogP contribution in [0.2, 0.25) is 5.02 Å². The Kier molecular flexibility index (Phi) is 7.45. The molecule has 1 heterocycles. The monoisotopic (exact) mass is 491 g/mol. The minimum atomic E-state index is -0.646. The number of benzene rings is 2. The fourth-order valence-electron chi connectivity index (χ4n) is 4.88. The van der Waals surface area contributed by atoms with Crippen molar-refractivity contribution in [3.05, 3.63) is 87.1 Å². The van der Waals surface area contributed by atoms with Crippen molar-refractivity contribution in [2.75, 3.05) is 11.1 Å². The molecular weight excluding hydrogens is 466 g/mol. The van der Waals surface area contributed by atoms with Crippen molar-refractivity contribution in [2.24, 2.45) is 5.41 Å². The van der Waals surface area contributed by atoms with Crippen LogP contribution in [-0.4, -0.2) is 17.4 Å². The van der Waals surface area contributed by atoms with E-state index in [-0.39, 0.29) is 17.4 Å². The molecule has 0 radical (unpaired) electrons. The molecule has 0 aromatic heterocycles. The van der Waals surface area contributed by atoms with Gasteiger partial charge in [-0.3, -0.25) is 9.59 Å². The smallest absolute Gasteiger partial charge is 0.254 e. The zero-order chi connectivity index (χ0) is 24.1. The number of carbonyl (C=O) groups is 2. The molecule has 0 saturated heterocycles. The van der Waals surface area contributed by atoms with E-state index in [1.165, 1.54) is 11.8 Å². The van der Waals surface area contributed by atoms with Crippen LogP contribution in [0.4, 0.5) is 5.69 Å². The summed E-state index contributed by atoms with van der Waals surface area (Å²) in [6.07, 6.45) is 4.45. The van der Waals surface area contributed by atoms with E-state index in [2.05, 4.69) is 16.7 Å². The zero-order valence-electron chi connectivity index (χ0n) is 19.0. The van der Waals surface area contributed by atoms with E-state index in [4.69, 9.17) is 11.6 Å². The van der Waals surface area contributed by atoms with Crippen molar-refractivity contribution in [2.45, 2.75) is 39.0 Å². The van der Waals surface area contributed by atoms with Gasteiger partial charge in [0.1, 0.15) is 0 Å². The molecule has 0 atom stereocenters. The summed E-state index contributed by atoms with van der Waals surface area (Å²) in [7, 11) is 0. The Labute approximate surface area is 209 Å². The summed E-state index contributed by atoms with van der Waals surface area (Å²) in [4.78, 5) is 26.2. The van der Waals surface area contributed by atoms with Gasteiger partial charge in [-0.1, -0.05) is 60.8 Å². The van der Waals surface area contributed by atoms with Crippen molar-refractivity contribution >= 4 is 40.7 Å². The molecule has 174 valence electrons. The normalized spacial score (nSPS) is 17.2. The molecule has 7 heteroatoms. The van der Waals surface area contributed by atoms with E-state index in [0.29, 0.717) is 26.8 Å². The van der Waals surface area contributed by atoms with Gasteiger partial charge >= 0.3 is 0 Å². The molecule has 0 bridgehead atoms. The lowest BCUT2D eigenvalue weighted by molar-refractivity contribution is -0.114. The van der Waals surface area contributed by atoms with E-state index in [1.54, 1.807) is 24.3 Å². The molecule has 2 aliphatic rings. The van der Waals surface area contributed by atoms with Crippen LogP contribution in [-0.2, 0) is 4.79 Å². The number of anilines is 1. The predicted molar refractivity (Wildman–Crippen MR) is 137 cm³/mol. The number of nitrogens with one attached hydrogen (secondary N) is 2. The quantitative estimate of drug-likeness (QED) is 0.453. The highest BCUT2D eigenvalue weighted by atomic mass is 35.5. The zero-order valence-corrected chi connectivity index (χ0v) is 20.6. The molecule has 5 nitrogen and oxygen atoms in total. The number of para-hydroxylation sites is 1. The summed E-state index contributed by atoms with van der Waals surface area (Å²) >= 11 is 7.26. The number of thioether (sulfide) groups is 1. The topological polar surface area (TPSA) is 82.0 Å². The van der Waals surface area contributed by atoms with Crippen LogP contribution in [0.1, 0.15) is 49.4 Å². The fraction of sp³-hybridized carbons (Fsp3) is 0.296. The molecular formula is C27H26ClN3O2S. The number of nitrogens with zero attached hydrogens (tertiary/aromatic N) is 1. The van der Waals surface area contributed by atoms with Crippen LogP contribution in [0.3, 0.4) is 0 Å². The average molecular weight is 492 g/mol. The van der Waals surface area contributed by atoms with Crippen molar-refractivity contribution in [3.63, 3.8) is 0 Å². The lowest BCUT2D eigenvalue weighted by Gasteiger charge is -2.43. The van der Waals surface area contributed by atoms with Crippen LogP contribution in [0.15, 0.2) is 76.5 Å². The van der Waals surface area contributed by atoms with E-state index >= 15 is 0 Å². The highest BCUT2D eigenvalue weighted by molar-refractivity contribution is 8.03. The van der Waals surface area contributed by atoms with Gasteiger partial charge in [0.05, 0.1) is 22.4 Å². The summed E-state index contributed by atoms with van der Waals surface area (Å²) in [6, 6.07) is 18.6. The number of dihydropyridines is 1. The number of carbonyl (C=O) groups excluding carboxylic acids is 2. The summed E-state index contributed by atoms with van der Waals surface area (Å²) in [6.45, 7) is 1.88. The fourth-order valence-corrected chi connectivity index (χ4v) is 6.06. The molecule has 1 aliphatic carbocycles. The van der Waals surface area contributed by atoms with Crippen LogP contribution in [0, 0.1) is 16.7 Å². The number of nitriles is 1. The predicted octanol–water partition coefficient (Wildman–Crippen LogP) is 6.46. The molecule has 1 fully saturated rings. The third kappa shape index (κ3) is 4.91. The summed E-state index contributed by atoms with van der Waals surface area (Å²) in [5.74, 6) is -0.0447. The molecule has 1 saturated carbocycles. The largest absolute Gasteiger partial charge is 0.353 e. The van der Waals surface area contributed by atoms with Crippen molar-refractivity contribution in [3.8, 4) is 6.07 Å². The minimum Gasteiger partial charge on any atom is -0.353 e. The van der Waals surface area contributed by atoms with Gasteiger partial charge in [-0.05, 0) is 56.2 Å². The number of Topliss-reactive ketones (excluding diaryl/α,β-unsaturated/α-hetero) is 1. The maximum absolute atomic E-state index is 13.5. The molecule has 1 aliphatic heterocycles. The van der Waals surface area contributed by atoms with Gasteiger partial charge in [0, 0.05) is 33.0 Å². The molecule has 2 aromatic rings. The van der Waals surface area contributed by atoms with Crippen LogP contribution >= 0.6 is 23.4 Å². The molecule has 34 heavy (non-hydrogen) atoms. The average Bonchev–Trinajstić information content (AvgIpc) is 2.84. The van der Waals surface area contributed by atoms with Gasteiger partial charge in [-0.25, -0.2) is 0 Å². The summed E-state index contributed by atoms with van der Waals surface area (Å²) in [5, 5.41) is 17.8. The second-order valence-corrected chi connectivity index (χ2v) is 10.0. The number of amides is 1. The van der Waals surface area contributed by atoms with Gasteiger partial charge in [0.25, 0.3) is 5.91 Å². The van der Waals surface area contributed by atoms with E-state index in [1.807, 2.05) is 37.3 Å². The summed E-state index contributed by atoms with van der Waals surface area (Å²) < 4.78 is 0. The van der Waals surface area contributed by atoms with Crippen LogP contribution in [0.5, 0.6) is 0 Å². The lowest BCUT2D eigenvalue weighted by Crippen LogP contribution is -2.41. The van der Waals surface area contributed by atoms with Crippen molar-refractivity contribution in [1.29, 1.82) is 5.26 Å². The molecule has 2 N–H and O–H groups in total. The Hall–Kier alpha value is -3.01. The van der Waals surface area contributed by atoms with E-state index < -0.39 is 5.41 Å². The third-order valence-corrected chi connectivity index (χ3v) is 7.70. The molecule has 0 unspecified atom stereocenters. The second-order valence-electron chi connectivity index (χ2n) is 8.62. The van der Waals surface area contributed by atoms with Crippen LogP contribution < -0.4 is 10.6 Å². The van der Waals surface area contributed by atoms with Gasteiger partial charge in [-0.2, -0.15) is 5.26 Å². The third-order valence-electron chi connectivity index (χ3n) is 6.45. The Balaban J connectivity index is 1.63. The van der Waals surface area contributed by atoms with E-state index in [0.717, 1.165) is 43.5 Å². The van der Waals surface area contributed by atoms with E-state index in [9.17, 15) is 14.9 Å². The summed E-state index contributed by atoms with van der Waals surface area (Å²) in [5.41, 5.74) is 2.57. The Bertz CT molecular complexity index is 1190. The Morgan fingerprint density at radius 2 is 1.76 bits per heavy atom. The number of halogens is 1. The number of hydrogen-bond donors (Lipinski definition) is 2. The highest BCUT2D eigenvalue weighted by Gasteiger charge is 2.47. The van der Waals surface area contributed by atoms with Crippen LogP contribution in [0.25, 0.3) is 0 Å². The standard InChI is InChI=1S/C27H26ClN3O2S/c1-18-24(25(33)31-21-8-4-2-5-9-21)27(14-6-3-7-15-27)22(16-29)26(30-18)34-17-23(32)19-10-12-20(28)13-11-19/h2,4-5,8-13,30H,3,6-7,14-15,17H2,1H3,(H,31,33). The lowest BCUT2D eigenvalue weighted by atomic mass is 9.63. The van der Waals surface area contributed by atoms with Gasteiger partial charge in [0.2, 0.25) is 0 Å². The first-order valence-electron chi connectivity index (χ1n) is 11.4. The Morgan fingerprint density at radius 3 is 2.41 bits per heavy atom. The first-order valence-corrected chi connectivity index (χ1v) is 12.7. The number of allylic oxidation sites excluding steroid dienone is 2. The van der Waals surface area contributed by atoms with Crippen molar-refractivity contribution < 1.29 is 9.59 Å². The molecule has 4 rings (SSSR count). The molecule has 2 aromatic carbocycles. The van der Waals surface area contributed by atoms with Crippen molar-refractivity contribution in [1.82, 2.24) is 5.32 Å². The minimum absolute atomic E-state index is 0.0415. The van der Waals surface area contributed by atoms with Gasteiger partial charge in [-0.15, -0.1) is 0 Å². The SMILES string of the molecule is CC1=C(C(=O)Nc2ccccc2)C2(CCCCC2)C(C#N)=C(SCC(=O)c2ccc(Cl)cc2)N1. The maximum Gasteiger partial charge on any atom is 0.254 e. The number of hydrogen-bond acceptors (Lipinski definition) is 5. The highest BCUT2D eigenvalue weighted by Crippen LogP contribution is 2.53. The molecule has 1 spiro atoms. The first-order chi connectivity index (χ1) is 16.4. The number of ketones is 1. The van der Waals surface area contributed by atoms with Gasteiger partial charge < -0.3 is 10.6 Å². The Morgan fingerprint density at radius 1 is 1.09 bits per heavy atom. The molecule has 1 amide bonds. The van der Waals surface area contributed by atoms with Gasteiger partial charge in [0.15, 0.2) is 5.78 Å². The second kappa shape index (κ2) is 10.5.